The Balaban J connectivity index is 1.95. The summed E-state index contributed by atoms with van der Waals surface area (Å²) in [5.41, 5.74) is 1.81. The molecule has 0 bridgehead atoms. The maximum atomic E-state index is 12.4. The number of carbonyl (C=O) groups excluding carboxylic acids is 1. The van der Waals surface area contributed by atoms with Gasteiger partial charge in [0.25, 0.3) is 5.91 Å². The number of ether oxygens (including phenoxy) is 2. The predicted molar refractivity (Wildman–Crippen MR) is 91.2 cm³/mol. The lowest BCUT2D eigenvalue weighted by Crippen LogP contribution is -2.32. The smallest absolute Gasteiger partial charge is 0.251 e. The van der Waals surface area contributed by atoms with Crippen molar-refractivity contribution in [1.29, 1.82) is 0 Å². The molecule has 23 heavy (non-hydrogen) atoms. The number of rotatable bonds is 7. The fourth-order valence-corrected chi connectivity index (χ4v) is 2.35. The minimum Gasteiger partial charge on any atom is -0.497 e. The molecule has 0 heterocycles. The number of carbonyl (C=O) groups is 1. The fraction of sp³-hybridized carbons (Fsp3) is 0.316. The van der Waals surface area contributed by atoms with Crippen molar-refractivity contribution in [3.05, 3.63) is 59.7 Å². The van der Waals surface area contributed by atoms with Crippen LogP contribution in [0, 0.1) is 0 Å². The van der Waals surface area contributed by atoms with E-state index in [0.29, 0.717) is 17.1 Å². The highest BCUT2D eigenvalue weighted by atomic mass is 16.5. The zero-order valence-electron chi connectivity index (χ0n) is 13.8. The quantitative estimate of drug-likeness (QED) is 0.851. The van der Waals surface area contributed by atoms with Gasteiger partial charge in [-0.3, -0.25) is 4.79 Å². The Bertz CT molecular complexity index is 618. The van der Waals surface area contributed by atoms with Gasteiger partial charge in [0.05, 0.1) is 14.2 Å². The molecule has 0 spiro atoms. The van der Waals surface area contributed by atoms with Crippen molar-refractivity contribution in [2.24, 2.45) is 0 Å². The van der Waals surface area contributed by atoms with Crippen molar-refractivity contribution in [2.45, 2.75) is 25.8 Å². The molecule has 2 aromatic carbocycles. The van der Waals surface area contributed by atoms with Gasteiger partial charge in [-0.2, -0.15) is 0 Å². The summed E-state index contributed by atoms with van der Waals surface area (Å²) >= 11 is 0. The number of nitrogens with one attached hydrogen (secondary N) is 1. The van der Waals surface area contributed by atoms with E-state index in [1.165, 1.54) is 5.56 Å². The van der Waals surface area contributed by atoms with Crippen molar-refractivity contribution >= 4 is 5.91 Å². The number of benzene rings is 2. The van der Waals surface area contributed by atoms with Gasteiger partial charge in [0.15, 0.2) is 0 Å². The summed E-state index contributed by atoms with van der Waals surface area (Å²) in [4.78, 5) is 12.4. The van der Waals surface area contributed by atoms with Gasteiger partial charge in [0.2, 0.25) is 0 Å². The Morgan fingerprint density at radius 3 is 2.22 bits per heavy atom. The Morgan fingerprint density at radius 1 is 1.04 bits per heavy atom. The zero-order valence-corrected chi connectivity index (χ0v) is 13.8. The van der Waals surface area contributed by atoms with Crippen molar-refractivity contribution in [2.75, 3.05) is 14.2 Å². The van der Waals surface area contributed by atoms with Gasteiger partial charge in [0, 0.05) is 17.7 Å². The minimum atomic E-state index is -0.122. The van der Waals surface area contributed by atoms with Crippen LogP contribution in [0.2, 0.25) is 0 Å². The van der Waals surface area contributed by atoms with E-state index in [9.17, 15) is 4.79 Å². The van der Waals surface area contributed by atoms with E-state index in [1.54, 1.807) is 32.4 Å². The van der Waals surface area contributed by atoms with Crippen LogP contribution in [-0.4, -0.2) is 26.2 Å². The fourth-order valence-electron chi connectivity index (χ4n) is 2.35. The highest BCUT2D eigenvalue weighted by Crippen LogP contribution is 2.22. The van der Waals surface area contributed by atoms with Crippen LogP contribution in [-0.2, 0) is 6.42 Å². The van der Waals surface area contributed by atoms with Gasteiger partial charge in [-0.05, 0) is 37.5 Å². The van der Waals surface area contributed by atoms with Gasteiger partial charge in [-0.15, -0.1) is 0 Å². The van der Waals surface area contributed by atoms with E-state index in [2.05, 4.69) is 17.4 Å². The molecule has 0 unspecified atom stereocenters. The van der Waals surface area contributed by atoms with E-state index in [-0.39, 0.29) is 11.9 Å². The van der Waals surface area contributed by atoms with Gasteiger partial charge in [-0.1, -0.05) is 30.3 Å². The first-order chi connectivity index (χ1) is 11.1. The number of hydrogen-bond acceptors (Lipinski definition) is 3. The van der Waals surface area contributed by atoms with Crippen LogP contribution in [0.15, 0.2) is 48.5 Å². The number of amides is 1. The van der Waals surface area contributed by atoms with Crippen molar-refractivity contribution < 1.29 is 14.3 Å². The molecular weight excluding hydrogens is 290 g/mol. The molecule has 1 amide bonds. The van der Waals surface area contributed by atoms with Crippen LogP contribution in [0.4, 0.5) is 0 Å². The number of aryl methyl sites for hydroxylation is 1. The monoisotopic (exact) mass is 313 g/mol. The average molecular weight is 313 g/mol. The van der Waals surface area contributed by atoms with Crippen LogP contribution in [0.25, 0.3) is 0 Å². The second kappa shape index (κ2) is 8.22. The SMILES string of the molecule is COc1cc(OC)cc(C(=O)N[C@H](C)CCc2ccccc2)c1. The molecule has 0 radical (unpaired) electrons. The molecule has 0 aliphatic carbocycles. The number of methoxy groups -OCH3 is 2. The molecule has 0 fully saturated rings. The summed E-state index contributed by atoms with van der Waals surface area (Å²) in [6.07, 6.45) is 1.82. The highest BCUT2D eigenvalue weighted by Gasteiger charge is 2.12. The third-order valence-electron chi connectivity index (χ3n) is 3.70. The lowest BCUT2D eigenvalue weighted by atomic mass is 10.1. The van der Waals surface area contributed by atoms with Crippen LogP contribution in [0.1, 0.15) is 29.3 Å². The zero-order chi connectivity index (χ0) is 16.7. The highest BCUT2D eigenvalue weighted by molar-refractivity contribution is 5.95. The van der Waals surface area contributed by atoms with Crippen LogP contribution < -0.4 is 14.8 Å². The van der Waals surface area contributed by atoms with Gasteiger partial charge in [0.1, 0.15) is 11.5 Å². The molecular formula is C19H23NO3. The minimum absolute atomic E-state index is 0.0832. The molecule has 0 aliphatic rings. The van der Waals surface area contributed by atoms with Gasteiger partial charge in [-0.25, -0.2) is 0 Å². The molecule has 0 saturated heterocycles. The Labute approximate surface area is 137 Å². The second-order valence-electron chi connectivity index (χ2n) is 5.50. The normalized spacial score (nSPS) is 11.6. The second-order valence-corrected chi connectivity index (χ2v) is 5.50. The standard InChI is InChI=1S/C19H23NO3/c1-14(9-10-15-7-5-4-6-8-15)20-19(21)16-11-17(22-2)13-18(12-16)23-3/h4-8,11-14H,9-10H2,1-3H3,(H,20,21)/t14-/m1/s1. The molecule has 0 aromatic heterocycles. The Morgan fingerprint density at radius 2 is 1.65 bits per heavy atom. The summed E-state index contributed by atoms with van der Waals surface area (Å²) in [6.45, 7) is 2.01. The molecule has 122 valence electrons. The number of hydrogen-bond donors (Lipinski definition) is 1. The summed E-state index contributed by atoms with van der Waals surface area (Å²) in [6, 6.07) is 15.5. The van der Waals surface area contributed by atoms with Gasteiger partial charge < -0.3 is 14.8 Å². The first-order valence-corrected chi connectivity index (χ1v) is 7.70. The summed E-state index contributed by atoms with van der Waals surface area (Å²) in [5.74, 6) is 1.08. The molecule has 0 aliphatic heterocycles. The molecule has 4 heteroatoms. The third-order valence-corrected chi connectivity index (χ3v) is 3.70. The lowest BCUT2D eigenvalue weighted by Gasteiger charge is -2.15. The molecule has 2 rings (SSSR count). The Kier molecular flexibility index (Phi) is 6.03. The van der Waals surface area contributed by atoms with E-state index < -0.39 is 0 Å². The molecule has 2 aromatic rings. The average Bonchev–Trinajstić information content (AvgIpc) is 2.60. The third kappa shape index (κ3) is 5.02. The largest absolute Gasteiger partial charge is 0.497 e. The topological polar surface area (TPSA) is 47.6 Å². The first kappa shape index (κ1) is 16.9. The van der Waals surface area contributed by atoms with Gasteiger partial charge >= 0.3 is 0 Å². The first-order valence-electron chi connectivity index (χ1n) is 7.70. The van der Waals surface area contributed by atoms with Crippen LogP contribution in [0.3, 0.4) is 0 Å². The van der Waals surface area contributed by atoms with E-state index in [4.69, 9.17) is 9.47 Å². The van der Waals surface area contributed by atoms with Crippen LogP contribution >= 0.6 is 0 Å². The maximum absolute atomic E-state index is 12.4. The van der Waals surface area contributed by atoms with E-state index in [0.717, 1.165) is 12.8 Å². The molecule has 1 atom stereocenters. The van der Waals surface area contributed by atoms with Crippen molar-refractivity contribution in [3.8, 4) is 11.5 Å². The summed E-state index contributed by atoms with van der Waals surface area (Å²) in [7, 11) is 3.14. The molecule has 4 nitrogen and oxygen atoms in total. The Hall–Kier alpha value is -2.49. The van der Waals surface area contributed by atoms with Crippen LogP contribution in [0.5, 0.6) is 11.5 Å². The van der Waals surface area contributed by atoms with E-state index >= 15 is 0 Å². The maximum Gasteiger partial charge on any atom is 0.251 e. The summed E-state index contributed by atoms with van der Waals surface area (Å²) < 4.78 is 10.4. The summed E-state index contributed by atoms with van der Waals surface area (Å²) in [5, 5.41) is 3.02. The van der Waals surface area contributed by atoms with E-state index in [1.807, 2.05) is 25.1 Å². The van der Waals surface area contributed by atoms with Crippen molar-refractivity contribution in [3.63, 3.8) is 0 Å². The predicted octanol–water partition coefficient (Wildman–Crippen LogP) is 3.45. The molecule has 1 N–H and O–H groups in total. The molecule has 0 saturated carbocycles. The lowest BCUT2D eigenvalue weighted by molar-refractivity contribution is 0.0937. The van der Waals surface area contributed by atoms with Crippen molar-refractivity contribution in [1.82, 2.24) is 5.32 Å².